The van der Waals surface area contributed by atoms with E-state index in [2.05, 4.69) is 42.5 Å². The van der Waals surface area contributed by atoms with Crippen LogP contribution >= 0.6 is 31.9 Å². The first-order valence-electron chi connectivity index (χ1n) is 14.6. The molecule has 6 rings (SSSR count). The quantitative estimate of drug-likeness (QED) is 0.140. The number of rotatable bonds is 8. The Bertz CT molecular complexity index is 1920. The molecule has 0 aliphatic rings. The largest absolute Gasteiger partial charge is 0.348 e. The molecule has 7 nitrogen and oxygen atoms in total. The van der Waals surface area contributed by atoms with E-state index in [0.29, 0.717) is 35.0 Å². The number of fused-ring (bicyclic) bond motifs is 4. The molecule has 0 aliphatic carbocycles. The predicted molar refractivity (Wildman–Crippen MR) is 185 cm³/mol. The highest BCUT2D eigenvalue weighted by molar-refractivity contribution is 9.10. The Hall–Kier alpha value is -3.92. The number of nitrogens with zero attached hydrogens (tertiary/aromatic N) is 2. The Morgan fingerprint density at radius 1 is 0.659 bits per heavy atom. The molecule has 2 amide bonds. The maximum Gasteiger partial charge on any atom is 0.253 e. The number of nitrogens with one attached hydrogen (secondary N) is 2. The molecule has 2 unspecified atom stereocenters. The molecule has 6 aromatic rings. The van der Waals surface area contributed by atoms with Crippen molar-refractivity contribution >= 4 is 87.3 Å². The first-order valence-corrected chi connectivity index (χ1v) is 16.2. The smallest absolute Gasteiger partial charge is 0.253 e. The third-order valence-electron chi connectivity index (χ3n) is 8.13. The van der Waals surface area contributed by atoms with Crippen molar-refractivity contribution in [3.05, 3.63) is 105 Å². The maximum atomic E-state index is 13.6. The van der Waals surface area contributed by atoms with Crippen molar-refractivity contribution in [1.29, 1.82) is 0 Å². The number of nitrogens with two attached hydrogens (primary N) is 1. The lowest BCUT2D eigenvalue weighted by Crippen LogP contribution is -2.58. The van der Waals surface area contributed by atoms with Crippen LogP contribution in [0.5, 0.6) is 0 Å². The summed E-state index contributed by atoms with van der Waals surface area (Å²) in [5.41, 5.74) is 10.6. The molecule has 2 aromatic heterocycles. The molecule has 4 aromatic carbocycles. The average molecular weight is 713 g/mol. The summed E-state index contributed by atoms with van der Waals surface area (Å²) >= 11 is 7.03. The van der Waals surface area contributed by atoms with Crippen LogP contribution in [0.2, 0.25) is 0 Å². The van der Waals surface area contributed by atoms with Gasteiger partial charge in [-0.2, -0.15) is 0 Å². The van der Waals surface area contributed by atoms with Gasteiger partial charge >= 0.3 is 0 Å². The van der Waals surface area contributed by atoms with Crippen LogP contribution < -0.4 is 16.4 Å². The van der Waals surface area contributed by atoms with Gasteiger partial charge in [0.1, 0.15) is 0 Å². The molecule has 0 fully saturated rings. The van der Waals surface area contributed by atoms with Crippen molar-refractivity contribution < 1.29 is 9.59 Å². The van der Waals surface area contributed by atoms with E-state index in [9.17, 15) is 9.59 Å². The van der Waals surface area contributed by atoms with E-state index in [0.717, 1.165) is 41.5 Å². The van der Waals surface area contributed by atoms with Crippen molar-refractivity contribution in [3.63, 3.8) is 0 Å². The lowest BCUT2D eigenvalue weighted by molar-refractivity contribution is 0.0909. The SMILES string of the molecule is CCC(NC(=O)c1cccc2cc3cc(Br)ccc3nc12)C(N)C(CC)NC(=O)c1cccc2cc3cc(Br)ccc3nc12. The van der Waals surface area contributed by atoms with Gasteiger partial charge in [0.2, 0.25) is 0 Å². The molecular formula is C35H31Br2N5O2. The zero-order chi connectivity index (χ0) is 31.0. The fourth-order valence-electron chi connectivity index (χ4n) is 5.75. The second-order valence-electron chi connectivity index (χ2n) is 11.0. The molecule has 4 N–H and O–H groups in total. The van der Waals surface area contributed by atoms with Crippen molar-refractivity contribution in [2.75, 3.05) is 0 Å². The van der Waals surface area contributed by atoms with Gasteiger partial charge in [-0.15, -0.1) is 0 Å². The average Bonchev–Trinajstić information content (AvgIpc) is 3.03. The second-order valence-corrected chi connectivity index (χ2v) is 12.8. The van der Waals surface area contributed by atoms with E-state index >= 15 is 0 Å². The van der Waals surface area contributed by atoms with Gasteiger partial charge in [-0.1, -0.05) is 70.0 Å². The first-order chi connectivity index (χ1) is 21.2. The first kappa shape index (κ1) is 30.1. The normalized spacial score (nSPS) is 13.7. The summed E-state index contributed by atoms with van der Waals surface area (Å²) in [6.45, 7) is 3.95. The Labute approximate surface area is 271 Å². The minimum absolute atomic E-state index is 0.250. The molecule has 9 heteroatoms. The van der Waals surface area contributed by atoms with E-state index in [1.54, 1.807) is 12.1 Å². The number of carbonyl (C=O) groups is 2. The van der Waals surface area contributed by atoms with Crippen molar-refractivity contribution in [2.45, 2.75) is 44.8 Å². The van der Waals surface area contributed by atoms with Gasteiger partial charge in [0.25, 0.3) is 11.8 Å². The summed E-state index contributed by atoms with van der Waals surface area (Å²) in [4.78, 5) is 36.9. The molecule has 0 saturated heterocycles. The summed E-state index contributed by atoms with van der Waals surface area (Å²) in [6.07, 6.45) is 1.18. The number of carbonyl (C=O) groups excluding carboxylic acids is 2. The minimum Gasteiger partial charge on any atom is -0.348 e. The van der Waals surface area contributed by atoms with Gasteiger partial charge in [-0.05, 0) is 73.5 Å². The Morgan fingerprint density at radius 3 is 1.50 bits per heavy atom. The highest BCUT2D eigenvalue weighted by Crippen LogP contribution is 2.27. The third-order valence-corrected chi connectivity index (χ3v) is 9.12. The van der Waals surface area contributed by atoms with E-state index < -0.39 is 6.04 Å². The van der Waals surface area contributed by atoms with Crippen LogP contribution in [0.15, 0.2) is 93.9 Å². The van der Waals surface area contributed by atoms with E-state index in [1.165, 1.54) is 0 Å². The number of aromatic nitrogens is 2. The van der Waals surface area contributed by atoms with E-state index in [-0.39, 0.29) is 23.9 Å². The molecule has 0 bridgehead atoms. The van der Waals surface area contributed by atoms with Crippen LogP contribution in [-0.2, 0) is 0 Å². The maximum absolute atomic E-state index is 13.6. The van der Waals surface area contributed by atoms with Crippen molar-refractivity contribution in [2.24, 2.45) is 5.73 Å². The summed E-state index contributed by atoms with van der Waals surface area (Å²) < 4.78 is 1.94. The van der Waals surface area contributed by atoms with Crippen molar-refractivity contribution in [3.8, 4) is 0 Å². The van der Waals surface area contributed by atoms with Gasteiger partial charge in [0.15, 0.2) is 0 Å². The van der Waals surface area contributed by atoms with Crippen LogP contribution in [0.25, 0.3) is 43.6 Å². The molecule has 0 aliphatic heterocycles. The zero-order valence-electron chi connectivity index (χ0n) is 24.3. The van der Waals surface area contributed by atoms with Crippen molar-refractivity contribution in [1.82, 2.24) is 20.6 Å². The van der Waals surface area contributed by atoms with Crippen LogP contribution in [-0.4, -0.2) is 39.9 Å². The Kier molecular flexibility index (Phi) is 8.62. The fourth-order valence-corrected chi connectivity index (χ4v) is 6.50. The standard InChI is InChI=1S/C35H31Br2N5O2/c1-3-27(41-34(43)25-9-5-7-19-15-21-17-23(36)11-13-29(21)39-32(19)25)31(38)28(4-2)42-35(44)26-10-6-8-20-16-22-18-24(37)12-14-30(22)40-33(20)26/h5-18,27-28,31H,3-4,38H2,1-2H3,(H,41,43)(H,42,44). The van der Waals surface area contributed by atoms with Gasteiger partial charge < -0.3 is 16.4 Å². The van der Waals surface area contributed by atoms with Crippen LogP contribution in [0, 0.1) is 0 Å². The number of halogens is 2. The topological polar surface area (TPSA) is 110 Å². The molecule has 0 radical (unpaired) electrons. The van der Waals surface area contributed by atoms with Gasteiger partial charge in [-0.3, -0.25) is 9.59 Å². The number of para-hydroxylation sites is 2. The number of amides is 2. The number of pyridine rings is 2. The molecule has 2 heterocycles. The molecule has 222 valence electrons. The Morgan fingerprint density at radius 2 is 1.09 bits per heavy atom. The molecule has 2 atom stereocenters. The lowest BCUT2D eigenvalue weighted by atomic mass is 9.95. The van der Waals surface area contributed by atoms with E-state index in [4.69, 9.17) is 15.7 Å². The number of hydrogen-bond donors (Lipinski definition) is 3. The minimum atomic E-state index is -0.528. The highest BCUT2D eigenvalue weighted by Gasteiger charge is 2.28. The van der Waals surface area contributed by atoms with Crippen LogP contribution in [0.3, 0.4) is 0 Å². The van der Waals surface area contributed by atoms with Gasteiger partial charge in [0, 0.05) is 48.6 Å². The number of benzene rings is 4. The second kappa shape index (κ2) is 12.6. The Balaban J connectivity index is 1.23. The van der Waals surface area contributed by atoms with Crippen LogP contribution in [0.4, 0.5) is 0 Å². The van der Waals surface area contributed by atoms with Crippen LogP contribution in [0.1, 0.15) is 47.4 Å². The lowest BCUT2D eigenvalue weighted by Gasteiger charge is -2.31. The van der Waals surface area contributed by atoms with Gasteiger partial charge in [0.05, 0.1) is 33.2 Å². The molecule has 0 spiro atoms. The molecule has 44 heavy (non-hydrogen) atoms. The summed E-state index contributed by atoms with van der Waals surface area (Å²) in [6, 6.07) is 25.7. The molecular weight excluding hydrogens is 682 g/mol. The fraction of sp³-hybridized carbons (Fsp3) is 0.200. The monoisotopic (exact) mass is 711 g/mol. The summed E-state index contributed by atoms with van der Waals surface area (Å²) in [5, 5.41) is 10.0. The van der Waals surface area contributed by atoms with E-state index in [1.807, 2.05) is 86.6 Å². The van der Waals surface area contributed by atoms with Gasteiger partial charge in [-0.25, -0.2) is 9.97 Å². The zero-order valence-corrected chi connectivity index (χ0v) is 27.4. The predicted octanol–water partition coefficient (Wildman–Crippen LogP) is 7.66. The third kappa shape index (κ3) is 5.92. The number of hydrogen-bond acceptors (Lipinski definition) is 5. The summed E-state index contributed by atoms with van der Waals surface area (Å²) in [7, 11) is 0. The molecule has 0 saturated carbocycles. The summed E-state index contributed by atoms with van der Waals surface area (Å²) in [5.74, 6) is -0.500. The highest BCUT2D eigenvalue weighted by atomic mass is 79.9.